The van der Waals surface area contributed by atoms with Crippen molar-refractivity contribution in [3.05, 3.63) is 42.0 Å². The monoisotopic (exact) mass is 285 g/mol. The van der Waals surface area contributed by atoms with E-state index in [0.717, 1.165) is 18.5 Å². The van der Waals surface area contributed by atoms with Gasteiger partial charge in [0, 0.05) is 12.2 Å². The van der Waals surface area contributed by atoms with Gasteiger partial charge in [-0.2, -0.15) is 0 Å². The number of hydrogen-bond acceptors (Lipinski definition) is 2. The summed E-state index contributed by atoms with van der Waals surface area (Å²) in [5, 5.41) is 9.35. The maximum atomic E-state index is 12.9. The van der Waals surface area contributed by atoms with E-state index in [9.17, 15) is 14.7 Å². The Morgan fingerprint density at radius 2 is 1.81 bits per heavy atom. The molecule has 0 aromatic heterocycles. The van der Waals surface area contributed by atoms with Crippen molar-refractivity contribution in [1.29, 1.82) is 0 Å². The van der Waals surface area contributed by atoms with Gasteiger partial charge in [0.1, 0.15) is 0 Å². The third-order valence-electron chi connectivity index (χ3n) is 4.44. The number of rotatable bonds is 2. The second-order valence-electron chi connectivity index (χ2n) is 5.72. The number of anilines is 1. The standard InChI is InChI=1S/C17H19NO3/c19-16(13-8-2-3-9-14(13)17(20)21)18-11-5-7-12-6-1-4-10-15(12)18/h1-4,6,10,13-14H,5,7-9,11H2,(H,20,21)/t13-,14+/m1/s1. The number of aliphatic carboxylic acids is 1. The second kappa shape index (κ2) is 5.72. The Kier molecular flexibility index (Phi) is 3.78. The lowest BCUT2D eigenvalue weighted by atomic mass is 9.81. The molecule has 0 fully saturated rings. The van der Waals surface area contributed by atoms with Gasteiger partial charge in [-0.3, -0.25) is 9.59 Å². The number of carboxylic acids is 1. The van der Waals surface area contributed by atoms with Crippen LogP contribution in [0.3, 0.4) is 0 Å². The van der Waals surface area contributed by atoms with Gasteiger partial charge in [0.05, 0.1) is 11.8 Å². The van der Waals surface area contributed by atoms with Crippen LogP contribution in [-0.4, -0.2) is 23.5 Å². The van der Waals surface area contributed by atoms with Gasteiger partial charge in [0.15, 0.2) is 0 Å². The van der Waals surface area contributed by atoms with E-state index in [4.69, 9.17) is 0 Å². The van der Waals surface area contributed by atoms with E-state index in [2.05, 4.69) is 0 Å². The molecule has 3 rings (SSSR count). The molecule has 1 aromatic rings. The van der Waals surface area contributed by atoms with Crippen LogP contribution in [0.25, 0.3) is 0 Å². The molecule has 0 bridgehead atoms. The first-order chi connectivity index (χ1) is 10.2. The molecule has 1 amide bonds. The van der Waals surface area contributed by atoms with E-state index in [1.807, 2.05) is 36.4 Å². The molecule has 110 valence electrons. The molecule has 21 heavy (non-hydrogen) atoms. The van der Waals surface area contributed by atoms with Gasteiger partial charge in [-0.1, -0.05) is 30.4 Å². The van der Waals surface area contributed by atoms with Crippen molar-refractivity contribution in [2.24, 2.45) is 11.8 Å². The molecular formula is C17H19NO3. The summed E-state index contributed by atoms with van der Waals surface area (Å²) >= 11 is 0. The topological polar surface area (TPSA) is 57.6 Å². The number of carboxylic acid groups (broad SMARTS) is 1. The maximum Gasteiger partial charge on any atom is 0.307 e. The number of aryl methyl sites for hydroxylation is 1. The smallest absolute Gasteiger partial charge is 0.307 e. The molecule has 0 radical (unpaired) electrons. The molecule has 1 N–H and O–H groups in total. The van der Waals surface area contributed by atoms with E-state index in [-0.39, 0.29) is 5.91 Å². The minimum atomic E-state index is -0.872. The fraction of sp³-hybridized carbons (Fsp3) is 0.412. The van der Waals surface area contributed by atoms with Crippen molar-refractivity contribution < 1.29 is 14.7 Å². The number of fused-ring (bicyclic) bond motifs is 1. The highest BCUT2D eigenvalue weighted by atomic mass is 16.4. The SMILES string of the molecule is O=C(O)[C@H]1CC=CC[C@H]1C(=O)N1CCCc2ccccc21. The first-order valence-corrected chi connectivity index (χ1v) is 7.45. The lowest BCUT2D eigenvalue weighted by molar-refractivity contribution is -0.146. The van der Waals surface area contributed by atoms with Gasteiger partial charge < -0.3 is 10.0 Å². The van der Waals surface area contributed by atoms with Gasteiger partial charge in [-0.05, 0) is 37.3 Å². The van der Waals surface area contributed by atoms with Crippen LogP contribution in [0.4, 0.5) is 5.69 Å². The number of nitrogens with zero attached hydrogens (tertiary/aromatic N) is 1. The van der Waals surface area contributed by atoms with E-state index in [0.29, 0.717) is 19.4 Å². The number of amides is 1. The van der Waals surface area contributed by atoms with E-state index >= 15 is 0 Å². The minimum Gasteiger partial charge on any atom is -0.481 e. The average Bonchev–Trinajstić information content (AvgIpc) is 2.53. The first-order valence-electron chi connectivity index (χ1n) is 7.45. The highest BCUT2D eigenvalue weighted by molar-refractivity contribution is 5.98. The Morgan fingerprint density at radius 1 is 1.10 bits per heavy atom. The fourth-order valence-corrected chi connectivity index (χ4v) is 3.32. The molecular weight excluding hydrogens is 266 g/mol. The van der Waals surface area contributed by atoms with Crippen LogP contribution in [0.15, 0.2) is 36.4 Å². The molecule has 0 saturated heterocycles. The van der Waals surface area contributed by atoms with Crippen LogP contribution in [-0.2, 0) is 16.0 Å². The number of carbonyl (C=O) groups excluding carboxylic acids is 1. The number of para-hydroxylation sites is 1. The predicted octanol–water partition coefficient (Wildman–Crippen LogP) is 2.63. The minimum absolute atomic E-state index is 0.0427. The Morgan fingerprint density at radius 3 is 2.57 bits per heavy atom. The quantitative estimate of drug-likeness (QED) is 0.850. The zero-order valence-electron chi connectivity index (χ0n) is 11.9. The molecule has 4 nitrogen and oxygen atoms in total. The third kappa shape index (κ3) is 2.58. The molecule has 2 atom stereocenters. The average molecular weight is 285 g/mol. The Balaban J connectivity index is 1.89. The van der Waals surface area contributed by atoms with Crippen LogP contribution in [0.2, 0.25) is 0 Å². The molecule has 1 aliphatic heterocycles. The molecule has 0 unspecified atom stereocenters. The van der Waals surface area contributed by atoms with Gasteiger partial charge >= 0.3 is 5.97 Å². The highest BCUT2D eigenvalue weighted by Gasteiger charge is 2.37. The summed E-state index contributed by atoms with van der Waals surface area (Å²) in [7, 11) is 0. The molecule has 0 saturated carbocycles. The number of benzene rings is 1. The van der Waals surface area contributed by atoms with Crippen molar-refractivity contribution in [2.75, 3.05) is 11.4 Å². The molecule has 0 spiro atoms. The maximum absolute atomic E-state index is 12.9. The molecule has 1 aliphatic carbocycles. The molecule has 2 aliphatic rings. The zero-order valence-corrected chi connectivity index (χ0v) is 11.9. The van der Waals surface area contributed by atoms with Crippen molar-refractivity contribution in [3.8, 4) is 0 Å². The number of carbonyl (C=O) groups is 2. The van der Waals surface area contributed by atoms with Crippen molar-refractivity contribution in [3.63, 3.8) is 0 Å². The largest absolute Gasteiger partial charge is 0.481 e. The Bertz CT molecular complexity index is 593. The molecule has 1 heterocycles. The van der Waals surface area contributed by atoms with Crippen LogP contribution in [0, 0.1) is 11.8 Å². The van der Waals surface area contributed by atoms with Crippen LogP contribution in [0.1, 0.15) is 24.8 Å². The van der Waals surface area contributed by atoms with Crippen LogP contribution < -0.4 is 4.90 Å². The van der Waals surface area contributed by atoms with Crippen LogP contribution in [0.5, 0.6) is 0 Å². The Hall–Kier alpha value is -2.10. The Labute approximate surface area is 124 Å². The molecule has 1 aromatic carbocycles. The normalized spacial score (nSPS) is 24.5. The lowest BCUT2D eigenvalue weighted by Gasteiger charge is -2.34. The summed E-state index contributed by atoms with van der Waals surface area (Å²) < 4.78 is 0. The number of hydrogen-bond donors (Lipinski definition) is 1. The van der Waals surface area contributed by atoms with Gasteiger partial charge in [-0.15, -0.1) is 0 Å². The summed E-state index contributed by atoms with van der Waals surface area (Å²) in [4.78, 5) is 26.0. The second-order valence-corrected chi connectivity index (χ2v) is 5.72. The van der Waals surface area contributed by atoms with Crippen molar-refractivity contribution in [1.82, 2.24) is 0 Å². The highest BCUT2D eigenvalue weighted by Crippen LogP contribution is 2.33. The summed E-state index contributed by atoms with van der Waals surface area (Å²) in [5.41, 5.74) is 2.13. The van der Waals surface area contributed by atoms with Crippen LogP contribution >= 0.6 is 0 Å². The van der Waals surface area contributed by atoms with E-state index in [1.165, 1.54) is 5.56 Å². The van der Waals surface area contributed by atoms with Crippen molar-refractivity contribution in [2.45, 2.75) is 25.7 Å². The predicted molar refractivity (Wildman–Crippen MR) is 80.1 cm³/mol. The summed E-state index contributed by atoms with van der Waals surface area (Å²) in [5.74, 6) is -1.96. The zero-order chi connectivity index (χ0) is 14.8. The van der Waals surface area contributed by atoms with E-state index < -0.39 is 17.8 Å². The third-order valence-corrected chi connectivity index (χ3v) is 4.44. The summed E-state index contributed by atoms with van der Waals surface area (Å²) in [6.45, 7) is 0.683. The summed E-state index contributed by atoms with van der Waals surface area (Å²) in [6.07, 6.45) is 6.68. The van der Waals surface area contributed by atoms with Gasteiger partial charge in [0.25, 0.3) is 0 Å². The molecule has 4 heteroatoms. The van der Waals surface area contributed by atoms with Gasteiger partial charge in [0.2, 0.25) is 5.91 Å². The van der Waals surface area contributed by atoms with Crippen molar-refractivity contribution >= 4 is 17.6 Å². The summed E-state index contributed by atoms with van der Waals surface area (Å²) in [6, 6.07) is 7.92. The van der Waals surface area contributed by atoms with E-state index in [1.54, 1.807) is 4.90 Å². The number of allylic oxidation sites excluding steroid dienone is 2. The lowest BCUT2D eigenvalue weighted by Crippen LogP contribution is -2.44. The van der Waals surface area contributed by atoms with Gasteiger partial charge in [-0.25, -0.2) is 0 Å². The first kappa shape index (κ1) is 13.9. The fourth-order valence-electron chi connectivity index (χ4n) is 3.32.